The molecule has 6 heavy (non-hydrogen) atoms. The second-order valence-corrected chi connectivity index (χ2v) is 1.83. The van der Waals surface area contributed by atoms with Gasteiger partial charge in [0.2, 0.25) is 0 Å². The van der Waals surface area contributed by atoms with E-state index in [0.717, 1.165) is 0 Å². The van der Waals surface area contributed by atoms with Crippen LogP contribution in [0.4, 0.5) is 0 Å². The lowest BCUT2D eigenvalue weighted by atomic mass is 11.8. The molecule has 0 fully saturated rings. The van der Waals surface area contributed by atoms with Gasteiger partial charge in [0.05, 0.1) is 7.11 Å². The van der Waals surface area contributed by atoms with E-state index in [9.17, 15) is 8.42 Å². The van der Waals surface area contributed by atoms with Crippen molar-refractivity contribution in [1.29, 1.82) is 0 Å². The summed E-state index contributed by atoms with van der Waals surface area (Å²) in [6, 6.07) is 0. The largest absolute Gasteiger partial charge is 0.333 e. The summed E-state index contributed by atoms with van der Waals surface area (Å²) < 4.78 is 22.4. The Labute approximate surface area is 36.2 Å². The molecular weight excluding hydrogens is 106 g/mol. The molecule has 0 aliphatic carbocycles. The lowest BCUT2D eigenvalue weighted by molar-refractivity contribution is 0.439. The Kier molecular flexibility index (Phi) is 1.51. The number of nitrogens with two attached hydrogens (primary N) is 1. The SMILES string of the molecule is [CH2]OS(N)(=O)=O. The first kappa shape index (κ1) is 5.87. The third-order valence-corrected chi connectivity index (χ3v) is 0.493. The van der Waals surface area contributed by atoms with Gasteiger partial charge in [0.25, 0.3) is 0 Å². The third kappa shape index (κ3) is 3.87. The summed E-state index contributed by atoms with van der Waals surface area (Å²) in [6.07, 6.45) is 0. The van der Waals surface area contributed by atoms with Crippen molar-refractivity contribution < 1.29 is 12.6 Å². The highest BCUT2D eigenvalue weighted by Crippen LogP contribution is 1.71. The van der Waals surface area contributed by atoms with Gasteiger partial charge in [-0.3, -0.25) is 4.18 Å². The lowest BCUT2D eigenvalue weighted by Crippen LogP contribution is -2.11. The Bertz CT molecular complexity index is 113. The molecule has 0 rings (SSSR count). The molecule has 2 N–H and O–H groups in total. The average molecular weight is 110 g/mol. The fourth-order valence-corrected chi connectivity index (χ4v) is 0. The first-order valence-electron chi connectivity index (χ1n) is 1.02. The highest BCUT2D eigenvalue weighted by atomic mass is 32.2. The zero-order valence-electron chi connectivity index (χ0n) is 2.92. The zero-order valence-corrected chi connectivity index (χ0v) is 3.73. The number of hydrogen-bond acceptors (Lipinski definition) is 3. The Morgan fingerprint density at radius 3 is 1.83 bits per heavy atom. The van der Waals surface area contributed by atoms with E-state index in [-0.39, 0.29) is 0 Å². The Morgan fingerprint density at radius 2 is 1.83 bits per heavy atom. The summed E-state index contributed by atoms with van der Waals surface area (Å²) in [4.78, 5) is 0. The molecule has 0 unspecified atom stereocenters. The predicted octanol–water partition coefficient (Wildman–Crippen LogP) is -1.00. The Hall–Kier alpha value is -0.130. The van der Waals surface area contributed by atoms with Crippen LogP contribution in [0, 0.1) is 7.11 Å². The molecule has 0 amide bonds. The molecule has 0 aromatic heterocycles. The van der Waals surface area contributed by atoms with Crippen molar-refractivity contribution in [3.8, 4) is 0 Å². The molecule has 0 saturated carbocycles. The maximum atomic E-state index is 9.49. The molecule has 0 spiro atoms. The van der Waals surface area contributed by atoms with E-state index >= 15 is 0 Å². The molecule has 0 aromatic rings. The first-order chi connectivity index (χ1) is 2.56. The van der Waals surface area contributed by atoms with Crippen molar-refractivity contribution in [2.24, 2.45) is 5.14 Å². The van der Waals surface area contributed by atoms with Gasteiger partial charge >= 0.3 is 10.3 Å². The second-order valence-electron chi connectivity index (χ2n) is 0.611. The van der Waals surface area contributed by atoms with Gasteiger partial charge in [0.1, 0.15) is 0 Å². The van der Waals surface area contributed by atoms with Crippen molar-refractivity contribution in [2.75, 3.05) is 0 Å². The molecule has 0 aliphatic heterocycles. The van der Waals surface area contributed by atoms with Crippen LogP contribution in [0.3, 0.4) is 0 Å². The molecule has 0 bridgehead atoms. The van der Waals surface area contributed by atoms with E-state index in [4.69, 9.17) is 0 Å². The monoisotopic (exact) mass is 110 g/mol. The molecule has 0 heterocycles. The fourth-order valence-electron chi connectivity index (χ4n) is 0. The molecule has 0 aromatic carbocycles. The minimum atomic E-state index is -3.77. The van der Waals surface area contributed by atoms with Crippen LogP contribution in [0.2, 0.25) is 0 Å². The zero-order chi connectivity index (χ0) is 5.21. The first-order valence-corrected chi connectivity index (χ1v) is 2.50. The van der Waals surface area contributed by atoms with Gasteiger partial charge in [-0.1, -0.05) is 0 Å². The van der Waals surface area contributed by atoms with Crippen LogP contribution in [-0.4, -0.2) is 8.42 Å². The van der Waals surface area contributed by atoms with Crippen LogP contribution < -0.4 is 5.14 Å². The van der Waals surface area contributed by atoms with Crippen LogP contribution in [0.25, 0.3) is 0 Å². The molecule has 4 nitrogen and oxygen atoms in total. The van der Waals surface area contributed by atoms with E-state index < -0.39 is 10.3 Å². The fraction of sp³-hybridized carbons (Fsp3) is 0. The minimum Gasteiger partial charge on any atom is -0.256 e. The Morgan fingerprint density at radius 1 is 1.67 bits per heavy atom. The summed E-state index contributed by atoms with van der Waals surface area (Å²) in [5.74, 6) is 0. The normalized spacial score (nSPS) is 11.7. The van der Waals surface area contributed by atoms with Gasteiger partial charge in [-0.05, 0) is 0 Å². The maximum absolute atomic E-state index is 9.49. The van der Waals surface area contributed by atoms with Crippen molar-refractivity contribution >= 4 is 10.3 Å². The Balaban J connectivity index is 3.85. The van der Waals surface area contributed by atoms with E-state index in [0.29, 0.717) is 0 Å². The van der Waals surface area contributed by atoms with Crippen LogP contribution in [-0.2, 0) is 14.5 Å². The molecule has 1 radical (unpaired) electrons. The van der Waals surface area contributed by atoms with Gasteiger partial charge in [-0.2, -0.15) is 8.42 Å². The summed E-state index contributed by atoms with van der Waals surface area (Å²) in [7, 11) is -1.23. The van der Waals surface area contributed by atoms with E-state index in [1.807, 2.05) is 0 Å². The molecule has 0 aliphatic rings. The van der Waals surface area contributed by atoms with Crippen molar-refractivity contribution in [3.05, 3.63) is 7.11 Å². The second kappa shape index (κ2) is 1.55. The van der Waals surface area contributed by atoms with E-state index in [1.165, 1.54) is 0 Å². The predicted molar refractivity (Wildman–Crippen MR) is 19.5 cm³/mol. The number of hydrogen-bond donors (Lipinski definition) is 1. The summed E-state index contributed by atoms with van der Waals surface area (Å²) in [6.45, 7) is 0. The highest BCUT2D eigenvalue weighted by Gasteiger charge is 1.91. The molecule has 37 valence electrons. The van der Waals surface area contributed by atoms with E-state index in [1.54, 1.807) is 0 Å². The topological polar surface area (TPSA) is 69.4 Å². The van der Waals surface area contributed by atoms with Crippen LogP contribution in [0.15, 0.2) is 0 Å². The molecule has 0 atom stereocenters. The van der Waals surface area contributed by atoms with Gasteiger partial charge in [-0.25, -0.2) is 5.14 Å². The standard InChI is InChI=1S/CH4NO3S/c1-5-6(2,3)4/h1H2,(H2,2,3,4). The third-order valence-electron chi connectivity index (χ3n) is 0.164. The quantitative estimate of drug-likeness (QED) is 0.470. The van der Waals surface area contributed by atoms with Crippen molar-refractivity contribution in [2.45, 2.75) is 0 Å². The molecule has 5 heteroatoms. The summed E-state index contributed by atoms with van der Waals surface area (Å²) in [5, 5.41) is 4.22. The van der Waals surface area contributed by atoms with Gasteiger partial charge in [0.15, 0.2) is 0 Å². The summed E-state index contributed by atoms with van der Waals surface area (Å²) in [5.41, 5.74) is 0. The smallest absolute Gasteiger partial charge is 0.256 e. The van der Waals surface area contributed by atoms with Crippen LogP contribution >= 0.6 is 0 Å². The lowest BCUT2D eigenvalue weighted by Gasteiger charge is -1.83. The van der Waals surface area contributed by atoms with Crippen LogP contribution in [0.5, 0.6) is 0 Å². The minimum absolute atomic E-state index is 2.54. The van der Waals surface area contributed by atoms with Gasteiger partial charge in [-0.15, -0.1) is 0 Å². The highest BCUT2D eigenvalue weighted by molar-refractivity contribution is 7.84. The van der Waals surface area contributed by atoms with Crippen molar-refractivity contribution in [1.82, 2.24) is 0 Å². The number of rotatable bonds is 1. The average Bonchev–Trinajstić information content (AvgIpc) is 1.35. The van der Waals surface area contributed by atoms with E-state index in [2.05, 4.69) is 16.4 Å². The van der Waals surface area contributed by atoms with Gasteiger partial charge in [0, 0.05) is 0 Å². The molecular formula is CH4NO3S. The molecule has 0 saturated heterocycles. The van der Waals surface area contributed by atoms with Gasteiger partial charge < -0.3 is 0 Å². The van der Waals surface area contributed by atoms with Crippen LogP contribution in [0.1, 0.15) is 0 Å². The van der Waals surface area contributed by atoms with Crippen molar-refractivity contribution in [3.63, 3.8) is 0 Å². The summed E-state index contributed by atoms with van der Waals surface area (Å²) >= 11 is 0. The maximum Gasteiger partial charge on any atom is 0.333 e.